The van der Waals surface area contributed by atoms with E-state index >= 15 is 0 Å². The van der Waals surface area contributed by atoms with E-state index in [4.69, 9.17) is 18.9 Å². The first-order chi connectivity index (χ1) is 20.5. The van der Waals surface area contributed by atoms with Gasteiger partial charge in [-0.2, -0.15) is 0 Å². The van der Waals surface area contributed by atoms with Gasteiger partial charge in [0.1, 0.15) is 11.5 Å². The van der Waals surface area contributed by atoms with Gasteiger partial charge in [-0.1, -0.05) is 12.1 Å². The van der Waals surface area contributed by atoms with Gasteiger partial charge < -0.3 is 29.4 Å². The standard InChI is InChI=1S/C35H34N2O5/c1-37-11-9-22-17-32(40-3)34-35-33(22)27(37)15-20-4-6-28(38)24(12-20)25-13-19(5-7-29(25)39-2)14-26-23-18-31(42-35)30(41-34)16-21(23)8-10-36-26/h4-7,12-13,16-18,26-27,36,38H,8-11,14-15H2,1-3H3. The molecule has 4 heterocycles. The van der Waals surface area contributed by atoms with E-state index in [0.29, 0.717) is 11.5 Å². The summed E-state index contributed by atoms with van der Waals surface area (Å²) in [6.45, 7) is 1.79. The zero-order chi connectivity index (χ0) is 28.5. The van der Waals surface area contributed by atoms with E-state index in [1.807, 2.05) is 12.1 Å². The Bertz CT molecular complexity index is 1750. The Morgan fingerprint density at radius 2 is 1.57 bits per heavy atom. The lowest BCUT2D eigenvalue weighted by Gasteiger charge is -2.38. The highest BCUT2D eigenvalue weighted by Crippen LogP contribution is 2.56. The number of fused-ring (bicyclic) bond motifs is 5. The van der Waals surface area contributed by atoms with Gasteiger partial charge in [-0.25, -0.2) is 0 Å². The van der Waals surface area contributed by atoms with Gasteiger partial charge in [0.2, 0.25) is 5.75 Å². The zero-order valence-electron chi connectivity index (χ0n) is 24.1. The molecule has 4 aliphatic rings. The third-order valence-electron chi connectivity index (χ3n) is 9.42. The minimum absolute atomic E-state index is 0.0455. The van der Waals surface area contributed by atoms with Gasteiger partial charge in [0.05, 0.1) is 14.2 Å². The molecule has 7 bridgehead atoms. The van der Waals surface area contributed by atoms with Crippen molar-refractivity contribution in [1.82, 2.24) is 10.2 Å². The number of hydrogen-bond acceptors (Lipinski definition) is 7. The van der Waals surface area contributed by atoms with E-state index < -0.39 is 0 Å². The summed E-state index contributed by atoms with van der Waals surface area (Å²) < 4.78 is 25.1. The number of nitrogens with one attached hydrogen (secondary N) is 1. The molecule has 2 N–H and O–H groups in total. The number of methoxy groups -OCH3 is 2. The van der Waals surface area contributed by atoms with Crippen LogP contribution in [-0.2, 0) is 25.7 Å². The van der Waals surface area contributed by atoms with E-state index in [0.717, 1.165) is 89.6 Å². The molecule has 4 aromatic rings. The predicted molar refractivity (Wildman–Crippen MR) is 161 cm³/mol. The molecule has 2 atom stereocenters. The molecule has 0 fully saturated rings. The highest BCUT2D eigenvalue weighted by molar-refractivity contribution is 5.77. The second-order valence-electron chi connectivity index (χ2n) is 11.8. The number of likely N-dealkylation sites (N-methyl/N-ethyl adjacent to an activating group) is 1. The maximum absolute atomic E-state index is 11.1. The maximum atomic E-state index is 11.1. The largest absolute Gasteiger partial charge is 0.507 e. The molecule has 7 nitrogen and oxygen atoms in total. The van der Waals surface area contributed by atoms with Crippen molar-refractivity contribution in [3.05, 3.63) is 88.0 Å². The molecule has 4 aromatic carbocycles. The molecule has 2 unspecified atom stereocenters. The number of phenolic OH excluding ortho intramolecular Hbond substituents is 1. The van der Waals surface area contributed by atoms with Crippen LogP contribution in [0.1, 0.15) is 45.5 Å². The zero-order valence-corrected chi connectivity index (χ0v) is 24.1. The van der Waals surface area contributed by atoms with Crippen LogP contribution in [0.15, 0.2) is 54.6 Å². The second kappa shape index (κ2) is 9.68. The Labute approximate surface area is 245 Å². The van der Waals surface area contributed by atoms with Crippen molar-refractivity contribution in [3.63, 3.8) is 0 Å². The third-order valence-corrected chi connectivity index (χ3v) is 9.42. The van der Waals surface area contributed by atoms with Crippen LogP contribution in [0.4, 0.5) is 0 Å². The van der Waals surface area contributed by atoms with Crippen molar-refractivity contribution < 1.29 is 24.1 Å². The Kier molecular flexibility index (Phi) is 5.88. The summed E-state index contributed by atoms with van der Waals surface area (Å²) in [4.78, 5) is 2.39. The van der Waals surface area contributed by atoms with Crippen molar-refractivity contribution >= 4 is 0 Å². The average Bonchev–Trinajstić information content (AvgIpc) is 3.00. The van der Waals surface area contributed by atoms with Gasteiger partial charge >= 0.3 is 0 Å². The highest BCUT2D eigenvalue weighted by Gasteiger charge is 2.36. The lowest BCUT2D eigenvalue weighted by molar-refractivity contribution is 0.220. The first-order valence-electron chi connectivity index (χ1n) is 14.7. The van der Waals surface area contributed by atoms with Crippen LogP contribution in [0.5, 0.6) is 40.2 Å². The number of hydrogen-bond donors (Lipinski definition) is 2. The SMILES string of the molecule is COc1ccc2cc1-c1cc(ccc1O)CC1c3c(cc(OC)c4c3Oc3cc5c(cc3O4)CCNC5C2)CCN1C. The van der Waals surface area contributed by atoms with E-state index in [1.54, 1.807) is 20.3 Å². The van der Waals surface area contributed by atoms with Crippen LogP contribution in [0.25, 0.3) is 11.1 Å². The second-order valence-corrected chi connectivity index (χ2v) is 11.8. The molecule has 4 aliphatic heterocycles. The summed E-state index contributed by atoms with van der Waals surface area (Å²) in [7, 11) is 5.54. The summed E-state index contributed by atoms with van der Waals surface area (Å²) in [5, 5.41) is 14.8. The van der Waals surface area contributed by atoms with Crippen LogP contribution in [-0.4, -0.2) is 44.4 Å². The molecule has 7 heteroatoms. The lowest BCUT2D eigenvalue weighted by atomic mass is 9.86. The van der Waals surface area contributed by atoms with Crippen molar-refractivity contribution in [2.24, 2.45) is 0 Å². The van der Waals surface area contributed by atoms with Crippen LogP contribution in [0, 0.1) is 0 Å². The molecular formula is C35H34N2O5. The van der Waals surface area contributed by atoms with Gasteiger partial charge in [-0.05, 0) is 110 Å². The fourth-order valence-electron chi connectivity index (χ4n) is 7.22. The van der Waals surface area contributed by atoms with E-state index in [-0.39, 0.29) is 17.8 Å². The summed E-state index contributed by atoms with van der Waals surface area (Å²) >= 11 is 0. The van der Waals surface area contributed by atoms with Gasteiger partial charge in [0.15, 0.2) is 23.0 Å². The van der Waals surface area contributed by atoms with E-state index in [1.165, 1.54) is 16.7 Å². The first kappa shape index (κ1) is 25.5. The molecule has 0 saturated heterocycles. The predicted octanol–water partition coefficient (Wildman–Crippen LogP) is 6.49. The molecular weight excluding hydrogens is 528 g/mol. The van der Waals surface area contributed by atoms with Crippen molar-refractivity contribution in [3.8, 4) is 51.4 Å². The van der Waals surface area contributed by atoms with Crippen LogP contribution in [0.3, 0.4) is 0 Å². The van der Waals surface area contributed by atoms with Crippen LogP contribution < -0.4 is 24.3 Å². The van der Waals surface area contributed by atoms with Crippen molar-refractivity contribution in [2.75, 3.05) is 34.4 Å². The average molecular weight is 563 g/mol. The fourth-order valence-corrected chi connectivity index (χ4v) is 7.22. The minimum atomic E-state index is 0.0455. The number of nitrogens with zero attached hydrogens (tertiary/aromatic N) is 1. The highest BCUT2D eigenvalue weighted by atomic mass is 16.6. The van der Waals surface area contributed by atoms with Crippen molar-refractivity contribution in [1.29, 1.82) is 0 Å². The maximum Gasteiger partial charge on any atom is 0.212 e. The monoisotopic (exact) mass is 562 g/mol. The summed E-state index contributed by atoms with van der Waals surface area (Å²) in [5.41, 5.74) is 8.80. The smallest absolute Gasteiger partial charge is 0.212 e. The topological polar surface area (TPSA) is 72.4 Å². The molecule has 0 aliphatic carbocycles. The van der Waals surface area contributed by atoms with Gasteiger partial charge in [0, 0.05) is 35.3 Å². The quantitative estimate of drug-likeness (QED) is 0.255. The number of aromatic hydroxyl groups is 1. The molecule has 0 amide bonds. The Hall–Kier alpha value is -4.20. The molecule has 0 aromatic heterocycles. The summed E-state index contributed by atoms with van der Waals surface area (Å²) in [6.07, 6.45) is 3.34. The number of ether oxygens (including phenoxy) is 4. The number of benzene rings is 4. The molecule has 8 rings (SSSR count). The van der Waals surface area contributed by atoms with E-state index in [9.17, 15) is 5.11 Å². The minimum Gasteiger partial charge on any atom is -0.507 e. The molecule has 0 saturated carbocycles. The molecule has 214 valence electrons. The van der Waals surface area contributed by atoms with E-state index in [2.05, 4.69) is 53.7 Å². The molecule has 0 spiro atoms. The molecule has 42 heavy (non-hydrogen) atoms. The third kappa shape index (κ3) is 3.95. The van der Waals surface area contributed by atoms with Gasteiger partial charge in [-0.3, -0.25) is 4.90 Å². The van der Waals surface area contributed by atoms with Gasteiger partial charge in [0.25, 0.3) is 0 Å². The normalized spacial score (nSPS) is 20.0. The Morgan fingerprint density at radius 1 is 0.810 bits per heavy atom. The number of phenols is 1. The fraction of sp³-hybridized carbons (Fsp3) is 0.314. The van der Waals surface area contributed by atoms with Crippen LogP contribution >= 0.6 is 0 Å². The summed E-state index contributed by atoms with van der Waals surface area (Å²) in [5.74, 6) is 4.54. The summed E-state index contributed by atoms with van der Waals surface area (Å²) in [6, 6.07) is 18.8. The van der Waals surface area contributed by atoms with Crippen LogP contribution in [0.2, 0.25) is 0 Å². The lowest BCUT2D eigenvalue weighted by Crippen LogP contribution is -2.34. The van der Waals surface area contributed by atoms with Gasteiger partial charge in [-0.15, -0.1) is 0 Å². The number of rotatable bonds is 2. The molecule has 0 radical (unpaired) electrons. The van der Waals surface area contributed by atoms with Crippen molar-refractivity contribution in [2.45, 2.75) is 37.8 Å². The first-order valence-corrected chi connectivity index (χ1v) is 14.7. The Balaban J connectivity index is 1.39. The Morgan fingerprint density at radius 3 is 2.43 bits per heavy atom.